The number of nitrogens with zero attached hydrogens (tertiary/aromatic N) is 2. The van der Waals surface area contributed by atoms with Crippen LogP contribution in [0.4, 0.5) is 5.69 Å². The van der Waals surface area contributed by atoms with Crippen molar-refractivity contribution in [2.24, 2.45) is 0 Å². The Labute approximate surface area is 104 Å². The molecule has 1 aromatic carbocycles. The van der Waals surface area contributed by atoms with Gasteiger partial charge in [0.25, 0.3) is 5.91 Å². The first-order chi connectivity index (χ1) is 8.72. The van der Waals surface area contributed by atoms with Gasteiger partial charge in [0, 0.05) is 12.1 Å². The molecule has 0 aliphatic rings. The highest BCUT2D eigenvalue weighted by atomic mass is 16.3. The summed E-state index contributed by atoms with van der Waals surface area (Å²) in [6.45, 7) is 1.86. The Balaban J connectivity index is 2.10. The number of rotatable bonds is 4. The molecule has 2 rings (SSSR count). The molecular weight excluding hydrogens is 232 g/mol. The monoisotopic (exact) mass is 246 g/mol. The zero-order valence-corrected chi connectivity index (χ0v) is 9.97. The summed E-state index contributed by atoms with van der Waals surface area (Å²) in [5.74, 6) is 0.409. The van der Waals surface area contributed by atoms with Crippen molar-refractivity contribution in [3.05, 3.63) is 41.5 Å². The van der Waals surface area contributed by atoms with Gasteiger partial charge in [0.1, 0.15) is 5.82 Å². The molecule has 1 aromatic heterocycles. The summed E-state index contributed by atoms with van der Waals surface area (Å²) in [6.07, 6.45) is 0.695. The number of aliphatic hydroxyl groups excluding tert-OH is 1. The lowest BCUT2D eigenvalue weighted by Crippen LogP contribution is -2.14. The molecule has 0 aliphatic heterocycles. The fourth-order valence-electron chi connectivity index (χ4n) is 1.49. The number of aromatic amines is 1. The number of carbonyl (C=O) groups excluding carboxylic acids is 1. The van der Waals surface area contributed by atoms with Crippen molar-refractivity contribution in [1.82, 2.24) is 15.2 Å². The fourth-order valence-corrected chi connectivity index (χ4v) is 1.49. The lowest BCUT2D eigenvalue weighted by molar-refractivity contribution is 0.101. The first-order valence-electron chi connectivity index (χ1n) is 5.65. The van der Waals surface area contributed by atoms with Gasteiger partial charge in [-0.1, -0.05) is 19.1 Å². The Hall–Kier alpha value is -2.21. The molecule has 18 heavy (non-hydrogen) atoms. The maximum Gasteiger partial charge on any atom is 0.295 e. The highest BCUT2D eigenvalue weighted by Gasteiger charge is 2.12. The van der Waals surface area contributed by atoms with Gasteiger partial charge in [0.05, 0.1) is 6.61 Å². The first kappa shape index (κ1) is 12.3. The molecule has 0 unspecified atom stereocenters. The van der Waals surface area contributed by atoms with Crippen molar-refractivity contribution < 1.29 is 9.90 Å². The summed E-state index contributed by atoms with van der Waals surface area (Å²) in [4.78, 5) is 15.9. The standard InChI is InChI=1S/C12H14N4O2/c1-2-10-14-11(16-15-10)12(18)13-9-5-3-4-8(6-9)7-17/h3-6,17H,2,7H2,1H3,(H,13,18)(H,14,15,16). The summed E-state index contributed by atoms with van der Waals surface area (Å²) in [7, 11) is 0. The van der Waals surface area contributed by atoms with Gasteiger partial charge in [0.2, 0.25) is 5.82 Å². The van der Waals surface area contributed by atoms with Crippen LogP contribution in [0.15, 0.2) is 24.3 Å². The molecule has 3 N–H and O–H groups in total. The number of aliphatic hydroxyl groups is 1. The van der Waals surface area contributed by atoms with E-state index >= 15 is 0 Å². The second-order valence-corrected chi connectivity index (χ2v) is 3.77. The number of amides is 1. The number of aryl methyl sites for hydroxylation is 1. The van der Waals surface area contributed by atoms with Crippen molar-refractivity contribution in [3.63, 3.8) is 0 Å². The van der Waals surface area contributed by atoms with Crippen molar-refractivity contribution in [1.29, 1.82) is 0 Å². The van der Waals surface area contributed by atoms with E-state index in [4.69, 9.17) is 5.11 Å². The number of benzene rings is 1. The lowest BCUT2D eigenvalue weighted by Gasteiger charge is -2.03. The van der Waals surface area contributed by atoms with E-state index in [0.29, 0.717) is 17.9 Å². The van der Waals surface area contributed by atoms with Crippen LogP contribution in [0.2, 0.25) is 0 Å². The predicted octanol–water partition coefficient (Wildman–Crippen LogP) is 1.11. The molecular formula is C12H14N4O2. The molecule has 94 valence electrons. The highest BCUT2D eigenvalue weighted by Crippen LogP contribution is 2.11. The Morgan fingerprint density at radius 2 is 2.33 bits per heavy atom. The zero-order chi connectivity index (χ0) is 13.0. The molecule has 0 fully saturated rings. The van der Waals surface area contributed by atoms with E-state index in [9.17, 15) is 4.79 Å². The molecule has 0 bridgehead atoms. The van der Waals surface area contributed by atoms with Crippen LogP contribution in [0, 0.1) is 0 Å². The van der Waals surface area contributed by atoms with Gasteiger partial charge in [-0.3, -0.25) is 9.89 Å². The summed E-state index contributed by atoms with van der Waals surface area (Å²) < 4.78 is 0. The molecule has 0 aliphatic carbocycles. The number of aromatic nitrogens is 3. The summed E-state index contributed by atoms with van der Waals surface area (Å²) >= 11 is 0. The average molecular weight is 246 g/mol. The van der Waals surface area contributed by atoms with Crippen LogP contribution in [0.5, 0.6) is 0 Å². The largest absolute Gasteiger partial charge is 0.392 e. The molecule has 0 radical (unpaired) electrons. The van der Waals surface area contributed by atoms with E-state index in [0.717, 1.165) is 5.56 Å². The van der Waals surface area contributed by atoms with Gasteiger partial charge < -0.3 is 10.4 Å². The lowest BCUT2D eigenvalue weighted by atomic mass is 10.2. The highest BCUT2D eigenvalue weighted by molar-refractivity contribution is 6.01. The number of hydrogen-bond acceptors (Lipinski definition) is 4. The zero-order valence-electron chi connectivity index (χ0n) is 9.97. The molecule has 0 atom stereocenters. The van der Waals surface area contributed by atoms with Crippen LogP contribution >= 0.6 is 0 Å². The average Bonchev–Trinajstić information content (AvgIpc) is 2.88. The molecule has 0 spiro atoms. The van der Waals surface area contributed by atoms with E-state index in [-0.39, 0.29) is 18.3 Å². The van der Waals surface area contributed by atoms with Gasteiger partial charge in [-0.2, -0.15) is 0 Å². The van der Waals surface area contributed by atoms with E-state index < -0.39 is 0 Å². The predicted molar refractivity (Wildman–Crippen MR) is 66.1 cm³/mol. The van der Waals surface area contributed by atoms with Crippen LogP contribution in [-0.4, -0.2) is 26.2 Å². The van der Waals surface area contributed by atoms with Crippen LogP contribution in [0.25, 0.3) is 0 Å². The normalized spacial score (nSPS) is 10.3. The maximum absolute atomic E-state index is 11.8. The van der Waals surface area contributed by atoms with Crippen LogP contribution in [0.3, 0.4) is 0 Å². The molecule has 6 nitrogen and oxygen atoms in total. The van der Waals surface area contributed by atoms with Crippen molar-refractivity contribution in [2.45, 2.75) is 20.0 Å². The van der Waals surface area contributed by atoms with Gasteiger partial charge in [-0.15, -0.1) is 5.10 Å². The smallest absolute Gasteiger partial charge is 0.295 e. The second kappa shape index (κ2) is 5.42. The minimum atomic E-state index is -0.374. The van der Waals surface area contributed by atoms with Crippen LogP contribution in [0.1, 0.15) is 28.9 Å². The van der Waals surface area contributed by atoms with E-state index in [1.54, 1.807) is 24.3 Å². The van der Waals surface area contributed by atoms with Gasteiger partial charge in [0.15, 0.2) is 0 Å². The van der Waals surface area contributed by atoms with Crippen LogP contribution in [-0.2, 0) is 13.0 Å². The molecule has 6 heteroatoms. The van der Waals surface area contributed by atoms with E-state index in [1.165, 1.54) is 0 Å². The fraction of sp³-hybridized carbons (Fsp3) is 0.250. The van der Waals surface area contributed by atoms with Crippen LogP contribution < -0.4 is 5.32 Å². The van der Waals surface area contributed by atoms with Crippen molar-refractivity contribution >= 4 is 11.6 Å². The SMILES string of the molecule is CCc1nc(C(=O)Nc2cccc(CO)c2)n[nH]1. The number of carbonyl (C=O) groups is 1. The summed E-state index contributed by atoms with van der Waals surface area (Å²) in [6, 6.07) is 6.98. The quantitative estimate of drug-likeness (QED) is 0.753. The second-order valence-electron chi connectivity index (χ2n) is 3.77. The topological polar surface area (TPSA) is 90.9 Å². The third-order valence-electron chi connectivity index (χ3n) is 2.44. The number of nitrogens with one attached hydrogen (secondary N) is 2. The minimum absolute atomic E-state index is 0.0651. The minimum Gasteiger partial charge on any atom is -0.392 e. The van der Waals surface area contributed by atoms with Crippen molar-refractivity contribution in [2.75, 3.05) is 5.32 Å². The molecule has 0 saturated heterocycles. The first-order valence-corrected chi connectivity index (χ1v) is 5.65. The van der Waals surface area contributed by atoms with Gasteiger partial charge >= 0.3 is 0 Å². The third-order valence-corrected chi connectivity index (χ3v) is 2.44. The maximum atomic E-state index is 11.8. The van der Waals surface area contributed by atoms with E-state index in [2.05, 4.69) is 20.5 Å². The third kappa shape index (κ3) is 2.72. The number of H-pyrrole nitrogens is 1. The Morgan fingerprint density at radius 3 is 3.00 bits per heavy atom. The molecule has 1 amide bonds. The molecule has 1 heterocycles. The van der Waals surface area contributed by atoms with Gasteiger partial charge in [-0.05, 0) is 17.7 Å². The van der Waals surface area contributed by atoms with E-state index in [1.807, 2.05) is 6.92 Å². The Morgan fingerprint density at radius 1 is 1.50 bits per heavy atom. The summed E-state index contributed by atoms with van der Waals surface area (Å²) in [5, 5.41) is 18.2. The number of hydrogen-bond donors (Lipinski definition) is 3. The Bertz CT molecular complexity index is 551. The van der Waals surface area contributed by atoms with Crippen molar-refractivity contribution in [3.8, 4) is 0 Å². The number of anilines is 1. The van der Waals surface area contributed by atoms with Gasteiger partial charge in [-0.25, -0.2) is 4.98 Å². The molecule has 2 aromatic rings. The molecule has 0 saturated carbocycles. The Kier molecular flexibility index (Phi) is 3.69. The summed E-state index contributed by atoms with van der Waals surface area (Å²) in [5.41, 5.74) is 1.34.